The molecule has 8 atom stereocenters. The molecule has 0 spiro atoms. The molecule has 1 aliphatic heterocycles. The minimum Gasteiger partial charge on any atom is -0.458 e. The topological polar surface area (TPSA) is 146 Å². The number of carbonyl (C=O) groups is 4. The van der Waals surface area contributed by atoms with Crippen molar-refractivity contribution in [1.82, 2.24) is 0 Å². The Labute approximate surface area is 298 Å². The Morgan fingerprint density at radius 1 is 0.840 bits per heavy atom. The van der Waals surface area contributed by atoms with Crippen LogP contribution < -0.4 is 0 Å². The van der Waals surface area contributed by atoms with Crippen LogP contribution >= 0.6 is 0 Å². The van der Waals surface area contributed by atoms with Crippen molar-refractivity contribution >= 4 is 23.9 Å². The lowest BCUT2D eigenvalue weighted by Gasteiger charge is -2.60. The zero-order valence-corrected chi connectivity index (χ0v) is 31.2. The highest BCUT2D eigenvalue weighted by atomic mass is 16.6. The summed E-state index contributed by atoms with van der Waals surface area (Å²) in [5.74, 6) is 1.43. The number of aliphatic hydroxyl groups is 2. The van der Waals surface area contributed by atoms with Crippen molar-refractivity contribution in [3.05, 3.63) is 0 Å². The fraction of sp³-hybridized carbons (Fsp3) is 0.900. The smallest absolute Gasteiger partial charge is 0.313 e. The molecule has 10 heteroatoms. The van der Waals surface area contributed by atoms with Gasteiger partial charge in [0, 0.05) is 11.8 Å². The zero-order chi connectivity index (χ0) is 36.2. The molecule has 1 heterocycles. The molecule has 6 bridgehead atoms. The molecule has 2 N–H and O–H groups in total. The summed E-state index contributed by atoms with van der Waals surface area (Å²) < 4.78 is 23.6. The highest BCUT2D eigenvalue weighted by Gasteiger charge is 2.64. The molecule has 6 saturated carbocycles. The summed E-state index contributed by atoms with van der Waals surface area (Å²) in [5, 5.41) is 18.8. The van der Waals surface area contributed by atoms with E-state index in [9.17, 15) is 24.3 Å². The first-order chi connectivity index (χ1) is 23.6. The second-order valence-electron chi connectivity index (χ2n) is 18.4. The lowest BCUT2D eigenvalue weighted by molar-refractivity contribution is -0.219. The Morgan fingerprint density at radius 2 is 1.44 bits per heavy atom. The molecule has 1 saturated heterocycles. The Kier molecular flexibility index (Phi) is 10.5. The molecule has 50 heavy (non-hydrogen) atoms. The fourth-order valence-electron chi connectivity index (χ4n) is 11.4. The van der Waals surface area contributed by atoms with Crippen LogP contribution in [0.15, 0.2) is 0 Å². The highest BCUT2D eigenvalue weighted by molar-refractivity contribution is 5.79. The maximum absolute atomic E-state index is 14.2. The second kappa shape index (κ2) is 14.0. The van der Waals surface area contributed by atoms with E-state index in [0.717, 1.165) is 24.7 Å². The molecule has 0 aromatic carbocycles. The van der Waals surface area contributed by atoms with E-state index < -0.39 is 41.2 Å². The molecule has 0 aromatic rings. The van der Waals surface area contributed by atoms with Crippen molar-refractivity contribution in [2.75, 3.05) is 6.61 Å². The van der Waals surface area contributed by atoms with Crippen molar-refractivity contribution < 1.29 is 48.3 Å². The van der Waals surface area contributed by atoms with Crippen molar-refractivity contribution in [2.45, 2.75) is 162 Å². The number of esters is 4. The third-order valence-corrected chi connectivity index (χ3v) is 14.7. The summed E-state index contributed by atoms with van der Waals surface area (Å²) in [6, 6.07) is 0. The Morgan fingerprint density at radius 3 is 2.02 bits per heavy atom. The SMILES string of the molecule is CCC(C)(CCCC(C)(CCCC(C)(C)C(=O)OC(O)CO)C(=O)OC1C2CC3C(=O)OC1C3C2)C(=O)OC1(CC)C2CC3CC(C2)CC1C3. The molecule has 282 valence electrons. The number of ether oxygens (including phenoxy) is 4. The summed E-state index contributed by atoms with van der Waals surface area (Å²) in [6.07, 6.45) is 9.73. The molecule has 0 aromatic heterocycles. The minimum atomic E-state index is -1.58. The molecule has 0 radical (unpaired) electrons. The van der Waals surface area contributed by atoms with Crippen LogP contribution in [0.25, 0.3) is 0 Å². The van der Waals surface area contributed by atoms with Gasteiger partial charge in [0.05, 0.1) is 22.2 Å². The first kappa shape index (κ1) is 37.6. The number of hydrogen-bond donors (Lipinski definition) is 2. The molecule has 7 fully saturated rings. The van der Waals surface area contributed by atoms with Crippen molar-refractivity contribution in [1.29, 1.82) is 0 Å². The van der Waals surface area contributed by atoms with Crippen LogP contribution in [0.2, 0.25) is 0 Å². The number of fused-ring (bicyclic) bond motifs is 1. The van der Waals surface area contributed by atoms with E-state index in [1.807, 2.05) is 20.8 Å². The molecule has 8 unspecified atom stereocenters. The quantitative estimate of drug-likeness (QED) is 0.101. The van der Waals surface area contributed by atoms with Crippen LogP contribution in [0.4, 0.5) is 0 Å². The second-order valence-corrected chi connectivity index (χ2v) is 18.4. The van der Waals surface area contributed by atoms with E-state index >= 15 is 0 Å². The number of carbonyl (C=O) groups excluding carboxylic acids is 4. The van der Waals surface area contributed by atoms with E-state index in [2.05, 4.69) is 6.92 Å². The highest BCUT2D eigenvalue weighted by Crippen LogP contribution is 2.61. The standard InChI is InChI=1S/C40H62O10/c1-7-38(5,36(46)50-40(8-2)26-16-23-15-24(18-26)19-27(40)17-23)12-10-14-39(6,13-9-11-37(3,4)34(44)47-30(42)22-41)35(45)49-31-25-20-28-29(21-25)33(43)48-32(28)31/h23-32,41-42H,7-22H2,1-6H3. The van der Waals surface area contributed by atoms with Gasteiger partial charge in [0.2, 0.25) is 6.29 Å². The Hall–Kier alpha value is -2.20. The van der Waals surface area contributed by atoms with E-state index in [-0.39, 0.29) is 47.4 Å². The van der Waals surface area contributed by atoms with Gasteiger partial charge < -0.3 is 29.2 Å². The van der Waals surface area contributed by atoms with Crippen LogP contribution in [0.1, 0.15) is 138 Å². The van der Waals surface area contributed by atoms with E-state index in [0.29, 0.717) is 63.2 Å². The fourth-order valence-corrected chi connectivity index (χ4v) is 11.4. The Bertz CT molecular complexity index is 1280. The zero-order valence-electron chi connectivity index (χ0n) is 31.2. The first-order valence-electron chi connectivity index (χ1n) is 19.7. The molecular weight excluding hydrogens is 640 g/mol. The van der Waals surface area contributed by atoms with Crippen LogP contribution in [-0.4, -0.2) is 64.8 Å². The van der Waals surface area contributed by atoms with Gasteiger partial charge >= 0.3 is 23.9 Å². The van der Waals surface area contributed by atoms with Crippen LogP contribution in [0.3, 0.4) is 0 Å². The van der Waals surface area contributed by atoms with Gasteiger partial charge in [-0.05, 0) is 135 Å². The van der Waals surface area contributed by atoms with Gasteiger partial charge in [-0.2, -0.15) is 0 Å². The lowest BCUT2D eigenvalue weighted by atomic mass is 9.49. The van der Waals surface area contributed by atoms with Gasteiger partial charge in [0.1, 0.15) is 24.4 Å². The van der Waals surface area contributed by atoms with Crippen LogP contribution in [-0.2, 0) is 38.1 Å². The van der Waals surface area contributed by atoms with E-state index in [1.165, 1.54) is 32.1 Å². The maximum atomic E-state index is 14.2. The lowest BCUT2D eigenvalue weighted by Crippen LogP contribution is -2.60. The largest absolute Gasteiger partial charge is 0.458 e. The number of rotatable bonds is 17. The van der Waals surface area contributed by atoms with E-state index in [4.69, 9.17) is 24.1 Å². The predicted octanol–water partition coefficient (Wildman–Crippen LogP) is 6.27. The van der Waals surface area contributed by atoms with Gasteiger partial charge in [-0.1, -0.05) is 26.7 Å². The molecular formula is C40H62O10. The van der Waals surface area contributed by atoms with Gasteiger partial charge in [-0.25, -0.2) is 0 Å². The van der Waals surface area contributed by atoms with Gasteiger partial charge in [-0.3, -0.25) is 19.2 Å². The first-order valence-corrected chi connectivity index (χ1v) is 19.7. The third-order valence-electron chi connectivity index (χ3n) is 14.7. The van der Waals surface area contributed by atoms with Crippen molar-refractivity contribution in [3.8, 4) is 0 Å². The summed E-state index contributed by atoms with van der Waals surface area (Å²) >= 11 is 0. The molecule has 0 amide bonds. The van der Waals surface area contributed by atoms with Crippen LogP contribution in [0.5, 0.6) is 0 Å². The molecule has 7 aliphatic rings. The van der Waals surface area contributed by atoms with E-state index in [1.54, 1.807) is 13.8 Å². The summed E-state index contributed by atoms with van der Waals surface area (Å²) in [5.41, 5.74) is -2.89. The van der Waals surface area contributed by atoms with Gasteiger partial charge in [0.15, 0.2) is 0 Å². The summed E-state index contributed by atoms with van der Waals surface area (Å²) in [7, 11) is 0. The third kappa shape index (κ3) is 6.74. The average molecular weight is 703 g/mol. The molecule has 10 nitrogen and oxygen atoms in total. The van der Waals surface area contributed by atoms with Gasteiger partial charge in [-0.15, -0.1) is 0 Å². The van der Waals surface area contributed by atoms with Crippen molar-refractivity contribution in [3.63, 3.8) is 0 Å². The monoisotopic (exact) mass is 702 g/mol. The molecule has 6 aliphatic carbocycles. The molecule has 7 rings (SSSR count). The Balaban J connectivity index is 1.12. The minimum absolute atomic E-state index is 0.0742. The number of hydrogen-bond acceptors (Lipinski definition) is 10. The summed E-state index contributed by atoms with van der Waals surface area (Å²) in [6.45, 7) is 10.9. The number of aliphatic hydroxyl groups excluding tert-OH is 2. The predicted molar refractivity (Wildman–Crippen MR) is 183 cm³/mol. The maximum Gasteiger partial charge on any atom is 0.313 e. The van der Waals surface area contributed by atoms with Crippen molar-refractivity contribution in [2.24, 2.45) is 57.7 Å². The summed E-state index contributed by atoms with van der Waals surface area (Å²) in [4.78, 5) is 53.4. The average Bonchev–Trinajstić information content (AvgIpc) is 3.71. The van der Waals surface area contributed by atoms with Crippen LogP contribution in [0, 0.1) is 57.7 Å². The normalized spacial score (nSPS) is 37.9. The van der Waals surface area contributed by atoms with Gasteiger partial charge in [0.25, 0.3) is 0 Å².